The summed E-state index contributed by atoms with van der Waals surface area (Å²) in [6.07, 6.45) is 2.49. The van der Waals surface area contributed by atoms with Crippen molar-refractivity contribution in [2.45, 2.75) is 19.0 Å². The molecule has 162 valence electrons. The first-order chi connectivity index (χ1) is 15.2. The number of benzene rings is 2. The number of nitrogens with zero attached hydrogens (tertiary/aromatic N) is 3. The number of aromatic nitrogens is 2. The molecule has 5 N–H and O–H groups in total. The summed E-state index contributed by atoms with van der Waals surface area (Å²) in [5.41, 5.74) is 8.99. The van der Waals surface area contributed by atoms with E-state index in [1.54, 1.807) is 0 Å². The quantitative estimate of drug-likeness (QED) is 0.441. The average molecular weight is 420 g/mol. The maximum absolute atomic E-state index is 12.8. The zero-order valence-corrected chi connectivity index (χ0v) is 17.8. The van der Waals surface area contributed by atoms with E-state index in [4.69, 9.17) is 5.73 Å². The molecule has 1 fully saturated rings. The highest BCUT2D eigenvalue weighted by Crippen LogP contribution is 2.24. The van der Waals surface area contributed by atoms with Crippen LogP contribution in [0.5, 0.6) is 0 Å². The lowest BCUT2D eigenvalue weighted by Crippen LogP contribution is -2.38. The molecule has 3 aromatic rings. The van der Waals surface area contributed by atoms with Gasteiger partial charge >= 0.3 is 0 Å². The first-order valence-corrected chi connectivity index (χ1v) is 10.6. The van der Waals surface area contributed by atoms with Gasteiger partial charge < -0.3 is 21.7 Å². The topological polar surface area (TPSA) is 108 Å². The van der Waals surface area contributed by atoms with E-state index in [9.17, 15) is 4.79 Å². The van der Waals surface area contributed by atoms with Gasteiger partial charge in [0.2, 0.25) is 0 Å². The Morgan fingerprint density at radius 2 is 2.03 bits per heavy atom. The first-order valence-electron chi connectivity index (χ1n) is 10.6. The van der Waals surface area contributed by atoms with E-state index < -0.39 is 0 Å². The molecule has 0 spiro atoms. The van der Waals surface area contributed by atoms with Gasteiger partial charge in [0, 0.05) is 55.4 Å². The van der Waals surface area contributed by atoms with Crippen molar-refractivity contribution in [1.82, 2.24) is 25.5 Å². The Morgan fingerprint density at radius 3 is 2.81 bits per heavy atom. The predicted octanol–water partition coefficient (Wildman–Crippen LogP) is 1.86. The van der Waals surface area contributed by atoms with Gasteiger partial charge in [-0.15, -0.1) is 0 Å². The van der Waals surface area contributed by atoms with E-state index in [1.165, 1.54) is 6.33 Å². The van der Waals surface area contributed by atoms with Crippen LogP contribution in [0.25, 0.3) is 10.9 Å². The molecule has 1 saturated heterocycles. The molecule has 1 atom stereocenters. The number of hydrogen-bond donors (Lipinski definition) is 4. The number of amides is 1. The summed E-state index contributed by atoms with van der Waals surface area (Å²) < 4.78 is 0. The number of carbonyl (C=O) groups is 1. The predicted molar refractivity (Wildman–Crippen MR) is 123 cm³/mol. The second-order valence-corrected chi connectivity index (χ2v) is 7.84. The van der Waals surface area contributed by atoms with Gasteiger partial charge in [0.05, 0.1) is 5.52 Å². The van der Waals surface area contributed by atoms with Gasteiger partial charge in [-0.2, -0.15) is 0 Å². The Hall–Kier alpha value is -3.07. The third kappa shape index (κ3) is 5.16. The van der Waals surface area contributed by atoms with Crippen LogP contribution in [0.15, 0.2) is 48.8 Å². The fourth-order valence-electron chi connectivity index (χ4n) is 3.85. The van der Waals surface area contributed by atoms with Crippen molar-refractivity contribution < 1.29 is 4.79 Å². The van der Waals surface area contributed by atoms with Gasteiger partial charge in [-0.05, 0) is 49.4 Å². The van der Waals surface area contributed by atoms with Crippen molar-refractivity contribution in [2.75, 3.05) is 38.5 Å². The average Bonchev–Trinajstić information content (AvgIpc) is 3.25. The van der Waals surface area contributed by atoms with Gasteiger partial charge in [-0.25, -0.2) is 9.97 Å². The number of nitrogens with one attached hydrogen (secondary N) is 3. The van der Waals surface area contributed by atoms with Crippen molar-refractivity contribution in [3.63, 3.8) is 0 Å². The Labute approximate surface area is 182 Å². The molecule has 8 heteroatoms. The summed E-state index contributed by atoms with van der Waals surface area (Å²) in [4.78, 5) is 23.9. The summed E-state index contributed by atoms with van der Waals surface area (Å²) in [5.74, 6) is 0.640. The minimum Gasteiger partial charge on any atom is -0.348 e. The van der Waals surface area contributed by atoms with Gasteiger partial charge in [-0.1, -0.05) is 12.1 Å². The Morgan fingerprint density at radius 1 is 1.19 bits per heavy atom. The second kappa shape index (κ2) is 9.82. The van der Waals surface area contributed by atoms with Crippen molar-refractivity contribution >= 4 is 28.3 Å². The van der Waals surface area contributed by atoms with Crippen molar-refractivity contribution in [3.05, 3.63) is 59.9 Å². The Bertz CT molecular complexity index is 1040. The molecule has 1 aromatic heterocycles. The molecule has 0 aliphatic carbocycles. The number of fused-ring (bicyclic) bond motifs is 1. The van der Waals surface area contributed by atoms with E-state index in [0.717, 1.165) is 54.8 Å². The number of likely N-dealkylation sites (tertiary alicyclic amines) is 1. The normalized spacial score (nSPS) is 16.5. The molecule has 0 bridgehead atoms. The summed E-state index contributed by atoms with van der Waals surface area (Å²) in [6, 6.07) is 13.6. The first kappa shape index (κ1) is 21.2. The maximum Gasteiger partial charge on any atom is 0.251 e. The van der Waals surface area contributed by atoms with E-state index in [-0.39, 0.29) is 11.9 Å². The smallest absolute Gasteiger partial charge is 0.251 e. The van der Waals surface area contributed by atoms with Crippen LogP contribution in [-0.4, -0.2) is 60.0 Å². The molecule has 1 unspecified atom stereocenters. The molecular formula is C23H29N7O. The largest absolute Gasteiger partial charge is 0.348 e. The SMILES string of the molecule is CNCCN1CCC(NC(=O)c2ccc3c(Nc4ccc(CN)cc4)ncnc3c2)C1. The zero-order valence-electron chi connectivity index (χ0n) is 17.8. The number of hydrogen-bond acceptors (Lipinski definition) is 7. The van der Waals surface area contributed by atoms with Crippen LogP contribution in [0.2, 0.25) is 0 Å². The standard InChI is InChI=1S/C23H29N7O/c1-25-9-11-30-10-8-19(14-30)29-23(31)17-4-7-20-21(12-17)26-15-27-22(20)28-18-5-2-16(13-24)3-6-18/h2-7,12,15,19,25H,8-11,13-14,24H2,1H3,(H,29,31)(H,26,27,28). The number of carbonyl (C=O) groups excluding carboxylic acids is 1. The highest BCUT2D eigenvalue weighted by atomic mass is 16.1. The van der Waals surface area contributed by atoms with E-state index in [0.29, 0.717) is 17.9 Å². The number of nitrogens with two attached hydrogens (primary N) is 1. The fraction of sp³-hybridized carbons (Fsp3) is 0.348. The van der Waals surface area contributed by atoms with Crippen LogP contribution in [0, 0.1) is 0 Å². The lowest BCUT2D eigenvalue weighted by molar-refractivity contribution is 0.0938. The van der Waals surface area contributed by atoms with Crippen molar-refractivity contribution in [2.24, 2.45) is 5.73 Å². The number of rotatable bonds is 8. The molecule has 1 aliphatic heterocycles. The van der Waals surface area contributed by atoms with Crippen LogP contribution < -0.4 is 21.7 Å². The minimum absolute atomic E-state index is 0.0622. The molecule has 0 radical (unpaired) electrons. The maximum atomic E-state index is 12.8. The second-order valence-electron chi connectivity index (χ2n) is 7.84. The molecular weight excluding hydrogens is 390 g/mol. The molecule has 31 heavy (non-hydrogen) atoms. The molecule has 1 amide bonds. The third-order valence-corrected chi connectivity index (χ3v) is 5.64. The van der Waals surface area contributed by atoms with Gasteiger partial charge in [0.1, 0.15) is 12.1 Å². The van der Waals surface area contributed by atoms with Crippen LogP contribution in [0.4, 0.5) is 11.5 Å². The highest BCUT2D eigenvalue weighted by Gasteiger charge is 2.23. The summed E-state index contributed by atoms with van der Waals surface area (Å²) in [6.45, 7) is 4.37. The number of anilines is 2. The summed E-state index contributed by atoms with van der Waals surface area (Å²) >= 11 is 0. The van der Waals surface area contributed by atoms with Crippen molar-refractivity contribution in [1.29, 1.82) is 0 Å². The minimum atomic E-state index is -0.0622. The number of likely N-dealkylation sites (N-methyl/N-ethyl adjacent to an activating group) is 1. The van der Waals surface area contributed by atoms with Gasteiger partial charge in [-0.3, -0.25) is 9.69 Å². The third-order valence-electron chi connectivity index (χ3n) is 5.64. The summed E-state index contributed by atoms with van der Waals surface area (Å²) in [5, 5.41) is 10.5. The van der Waals surface area contributed by atoms with E-state index >= 15 is 0 Å². The fourth-order valence-corrected chi connectivity index (χ4v) is 3.85. The molecule has 2 heterocycles. The van der Waals surface area contributed by atoms with Crippen LogP contribution in [0.3, 0.4) is 0 Å². The molecule has 1 aliphatic rings. The Kier molecular flexibility index (Phi) is 6.71. The van der Waals surface area contributed by atoms with Crippen LogP contribution in [0.1, 0.15) is 22.3 Å². The summed E-state index contributed by atoms with van der Waals surface area (Å²) in [7, 11) is 1.96. The van der Waals surface area contributed by atoms with Crippen LogP contribution in [-0.2, 0) is 6.54 Å². The molecule has 0 saturated carbocycles. The van der Waals surface area contributed by atoms with E-state index in [2.05, 4.69) is 30.8 Å². The van der Waals surface area contributed by atoms with Crippen molar-refractivity contribution in [3.8, 4) is 0 Å². The lowest BCUT2D eigenvalue weighted by Gasteiger charge is -2.16. The zero-order chi connectivity index (χ0) is 21.6. The van der Waals surface area contributed by atoms with Gasteiger partial charge in [0.15, 0.2) is 0 Å². The molecule has 2 aromatic carbocycles. The van der Waals surface area contributed by atoms with Crippen LogP contribution >= 0.6 is 0 Å². The molecule has 4 rings (SSSR count). The monoisotopic (exact) mass is 419 g/mol. The van der Waals surface area contributed by atoms with E-state index in [1.807, 2.05) is 49.5 Å². The highest BCUT2D eigenvalue weighted by molar-refractivity contribution is 6.00. The Balaban J connectivity index is 1.45. The van der Waals surface area contributed by atoms with Gasteiger partial charge in [0.25, 0.3) is 5.91 Å². The molecule has 8 nitrogen and oxygen atoms in total. The lowest BCUT2D eigenvalue weighted by atomic mass is 10.1.